The summed E-state index contributed by atoms with van der Waals surface area (Å²) in [6.07, 6.45) is 0. The fraction of sp³-hybridized carbons (Fsp3) is 0.160. The van der Waals surface area contributed by atoms with Crippen LogP contribution in [0.4, 0.5) is 0 Å². The normalized spacial score (nSPS) is 18.4. The van der Waals surface area contributed by atoms with E-state index >= 15 is 0 Å². The third-order valence-electron chi connectivity index (χ3n) is 5.39. The lowest BCUT2D eigenvalue weighted by atomic mass is 9.78. The molecule has 0 saturated heterocycles. The molecule has 4 rings (SSSR count). The van der Waals surface area contributed by atoms with Crippen molar-refractivity contribution in [2.45, 2.75) is 11.7 Å². The van der Waals surface area contributed by atoms with Crippen LogP contribution in [0.25, 0.3) is 10.8 Å². The summed E-state index contributed by atoms with van der Waals surface area (Å²) >= 11 is 1.39. The van der Waals surface area contributed by atoms with Gasteiger partial charge in [-0.15, -0.1) is 11.8 Å². The number of rotatable bonds is 5. The Hall–Kier alpha value is -3.56. The number of fused-ring (bicyclic) bond motifs is 1. The Bertz CT molecular complexity index is 1210. The molecule has 31 heavy (non-hydrogen) atoms. The van der Waals surface area contributed by atoms with E-state index in [9.17, 15) is 14.9 Å². The number of carbonyl (C=O) groups is 2. The van der Waals surface area contributed by atoms with Gasteiger partial charge < -0.3 is 10.1 Å². The molecular formula is C25H20N2O3S. The molecule has 0 fully saturated rings. The van der Waals surface area contributed by atoms with Crippen molar-refractivity contribution < 1.29 is 14.3 Å². The second kappa shape index (κ2) is 9.07. The lowest BCUT2D eigenvalue weighted by Gasteiger charge is -2.31. The highest BCUT2D eigenvalue weighted by Gasteiger charge is 2.44. The minimum absolute atomic E-state index is 0.367. The van der Waals surface area contributed by atoms with Crippen molar-refractivity contribution in [3.63, 3.8) is 0 Å². The number of amides is 1. The molecule has 154 valence electrons. The predicted octanol–water partition coefficient (Wildman–Crippen LogP) is 4.51. The Labute approximate surface area is 184 Å². The molecular weight excluding hydrogens is 408 g/mol. The van der Waals surface area contributed by atoms with Crippen molar-refractivity contribution in [3.8, 4) is 6.07 Å². The first-order valence-electron chi connectivity index (χ1n) is 9.81. The van der Waals surface area contributed by atoms with Crippen molar-refractivity contribution >= 4 is 34.4 Å². The smallest absolute Gasteiger partial charge is 0.319 e. The van der Waals surface area contributed by atoms with Gasteiger partial charge in [-0.05, 0) is 21.9 Å². The summed E-state index contributed by atoms with van der Waals surface area (Å²) in [5, 5.41) is 15.5. The van der Waals surface area contributed by atoms with Crippen LogP contribution < -0.4 is 5.32 Å². The molecule has 3 aromatic carbocycles. The number of nitriles is 1. The number of nitrogens with one attached hydrogen (secondary N) is 1. The number of hydrogen-bond acceptors (Lipinski definition) is 5. The van der Waals surface area contributed by atoms with Crippen LogP contribution in [-0.2, 0) is 20.1 Å². The number of esters is 1. The number of ether oxygens (including phenoxy) is 1. The number of carbonyl (C=O) groups excluding carboxylic acids is 2. The predicted molar refractivity (Wildman–Crippen MR) is 121 cm³/mol. The zero-order chi connectivity index (χ0) is 21.8. The maximum atomic E-state index is 12.9. The zero-order valence-corrected chi connectivity index (χ0v) is 17.7. The molecule has 2 atom stereocenters. The first-order chi connectivity index (χ1) is 15.1. The lowest BCUT2D eigenvalue weighted by molar-refractivity contribution is -0.150. The number of benzene rings is 3. The molecule has 0 spiro atoms. The van der Waals surface area contributed by atoms with Gasteiger partial charge in [0.05, 0.1) is 23.8 Å². The molecule has 0 unspecified atom stereocenters. The summed E-state index contributed by atoms with van der Waals surface area (Å²) in [5.74, 6) is -2.34. The van der Waals surface area contributed by atoms with E-state index < -0.39 is 23.7 Å². The molecule has 3 aromatic rings. The fourth-order valence-corrected chi connectivity index (χ4v) is 4.96. The van der Waals surface area contributed by atoms with Crippen LogP contribution in [-0.4, -0.2) is 19.0 Å². The average molecular weight is 429 g/mol. The third-order valence-corrected chi connectivity index (χ3v) is 6.46. The van der Waals surface area contributed by atoms with Crippen molar-refractivity contribution in [1.82, 2.24) is 5.32 Å². The lowest BCUT2D eigenvalue weighted by Crippen LogP contribution is -2.44. The van der Waals surface area contributed by atoms with Gasteiger partial charge in [-0.1, -0.05) is 72.8 Å². The van der Waals surface area contributed by atoms with Crippen molar-refractivity contribution in [2.24, 2.45) is 5.92 Å². The molecule has 0 saturated carbocycles. The van der Waals surface area contributed by atoms with E-state index in [2.05, 4.69) is 29.6 Å². The van der Waals surface area contributed by atoms with Gasteiger partial charge in [-0.25, -0.2) is 0 Å². The van der Waals surface area contributed by atoms with Gasteiger partial charge in [-0.2, -0.15) is 5.26 Å². The SMILES string of the molecule is COC(=O)[C@@H]1C(=O)NC(SCc2cccc3ccccc23)=C(C#N)[C@H]1c1ccccc1. The second-order valence-corrected chi connectivity index (χ2v) is 8.15. The summed E-state index contributed by atoms with van der Waals surface area (Å²) in [7, 11) is 1.25. The summed E-state index contributed by atoms with van der Waals surface area (Å²) in [4.78, 5) is 25.3. The minimum Gasteiger partial charge on any atom is -0.468 e. The topological polar surface area (TPSA) is 79.2 Å². The molecule has 0 aromatic heterocycles. The Morgan fingerprint density at radius 1 is 1.06 bits per heavy atom. The van der Waals surface area contributed by atoms with Crippen LogP contribution in [0.2, 0.25) is 0 Å². The molecule has 0 radical (unpaired) electrons. The first kappa shape index (κ1) is 20.7. The van der Waals surface area contributed by atoms with E-state index in [-0.39, 0.29) is 0 Å². The summed E-state index contributed by atoms with van der Waals surface area (Å²) in [5.41, 5.74) is 2.20. The van der Waals surface area contributed by atoms with Gasteiger partial charge >= 0.3 is 5.97 Å². The van der Waals surface area contributed by atoms with Gasteiger partial charge in [0.25, 0.3) is 0 Å². The number of methoxy groups -OCH3 is 1. The summed E-state index contributed by atoms with van der Waals surface area (Å²) in [6.45, 7) is 0. The third kappa shape index (κ3) is 4.05. The van der Waals surface area contributed by atoms with E-state index in [1.165, 1.54) is 18.9 Å². The van der Waals surface area contributed by atoms with E-state index in [1.54, 1.807) is 0 Å². The van der Waals surface area contributed by atoms with Crippen molar-refractivity contribution in [2.75, 3.05) is 7.11 Å². The minimum atomic E-state index is -1.11. The maximum Gasteiger partial charge on any atom is 0.319 e. The monoisotopic (exact) mass is 428 g/mol. The fourth-order valence-electron chi connectivity index (χ4n) is 3.91. The quantitative estimate of drug-likeness (QED) is 0.478. The molecule has 1 heterocycles. The van der Waals surface area contributed by atoms with Crippen molar-refractivity contribution in [3.05, 3.63) is 94.5 Å². The Kier molecular flexibility index (Phi) is 6.06. The molecule has 0 aliphatic carbocycles. The van der Waals surface area contributed by atoms with Crippen LogP contribution in [0.5, 0.6) is 0 Å². The van der Waals surface area contributed by atoms with Crippen LogP contribution in [0, 0.1) is 17.2 Å². The number of hydrogen-bond donors (Lipinski definition) is 1. The van der Waals surface area contributed by atoms with E-state index in [1.807, 2.05) is 54.6 Å². The molecule has 1 N–H and O–H groups in total. The van der Waals surface area contributed by atoms with Crippen LogP contribution in [0.1, 0.15) is 17.0 Å². The number of allylic oxidation sites excluding steroid dienone is 1. The average Bonchev–Trinajstić information content (AvgIpc) is 2.82. The standard InChI is InChI=1S/C25H20N2O3S/c1-30-25(29)22-21(17-9-3-2-4-10-17)20(14-26)24(27-23(22)28)31-15-18-12-7-11-16-8-5-6-13-19(16)18/h2-13,21-22H,15H2,1H3,(H,27,28)/t21-,22+/m1/s1. The highest BCUT2D eigenvalue weighted by Crippen LogP contribution is 2.41. The van der Waals surface area contributed by atoms with E-state index in [4.69, 9.17) is 4.74 Å². The van der Waals surface area contributed by atoms with Gasteiger partial charge in [0.15, 0.2) is 0 Å². The molecule has 1 aliphatic heterocycles. The second-order valence-electron chi connectivity index (χ2n) is 7.16. The highest BCUT2D eigenvalue weighted by atomic mass is 32.2. The Morgan fingerprint density at radius 3 is 2.52 bits per heavy atom. The van der Waals surface area contributed by atoms with Gasteiger partial charge in [0, 0.05) is 11.7 Å². The molecule has 1 aliphatic rings. The van der Waals surface area contributed by atoms with Gasteiger partial charge in [0.1, 0.15) is 5.92 Å². The van der Waals surface area contributed by atoms with Gasteiger partial charge in [0.2, 0.25) is 5.91 Å². The Morgan fingerprint density at radius 2 is 1.77 bits per heavy atom. The van der Waals surface area contributed by atoms with Crippen molar-refractivity contribution in [1.29, 1.82) is 5.26 Å². The van der Waals surface area contributed by atoms with Gasteiger partial charge in [-0.3, -0.25) is 9.59 Å². The number of nitrogens with zero attached hydrogens (tertiary/aromatic N) is 1. The molecule has 6 heteroatoms. The van der Waals surface area contributed by atoms with Crippen LogP contribution in [0.3, 0.4) is 0 Å². The maximum absolute atomic E-state index is 12.9. The van der Waals surface area contributed by atoms with Crippen LogP contribution in [0.15, 0.2) is 83.4 Å². The summed E-state index contributed by atoms with van der Waals surface area (Å²) in [6, 6.07) is 25.6. The summed E-state index contributed by atoms with van der Waals surface area (Å²) < 4.78 is 4.88. The van der Waals surface area contributed by atoms with E-state index in [0.717, 1.165) is 21.9 Å². The molecule has 0 bridgehead atoms. The molecule has 5 nitrogen and oxygen atoms in total. The highest BCUT2D eigenvalue weighted by molar-refractivity contribution is 8.02. The number of thioether (sulfide) groups is 1. The molecule has 1 amide bonds. The van der Waals surface area contributed by atoms with E-state index in [0.29, 0.717) is 16.4 Å². The Balaban J connectivity index is 1.73. The largest absolute Gasteiger partial charge is 0.468 e. The zero-order valence-electron chi connectivity index (χ0n) is 16.9. The van der Waals surface area contributed by atoms with Crippen LogP contribution >= 0.6 is 11.8 Å². The first-order valence-corrected chi connectivity index (χ1v) is 10.8.